The number of nitrogens with one attached hydrogen (secondary N) is 2. The Morgan fingerprint density at radius 2 is 1.96 bits per heavy atom. The molecule has 0 spiro atoms. The normalized spacial score (nSPS) is 14.4. The predicted octanol–water partition coefficient (Wildman–Crippen LogP) is 2.18. The average Bonchev–Trinajstić information content (AvgIpc) is 3.25. The maximum Gasteiger partial charge on any atom is 0.321 e. The van der Waals surface area contributed by atoms with Crippen LogP contribution in [0.2, 0.25) is 5.02 Å². The molecule has 0 aliphatic heterocycles. The van der Waals surface area contributed by atoms with Crippen molar-refractivity contribution in [3.05, 3.63) is 29.3 Å². The van der Waals surface area contributed by atoms with Gasteiger partial charge in [0.15, 0.2) is 0 Å². The van der Waals surface area contributed by atoms with E-state index in [0.29, 0.717) is 10.2 Å². The first-order valence-corrected chi connectivity index (χ1v) is 9.25. The van der Waals surface area contributed by atoms with Crippen LogP contribution in [0.1, 0.15) is 25.7 Å². The molecule has 1 aromatic heterocycles. The molecule has 1 fully saturated rings. The second kappa shape index (κ2) is 8.30. The van der Waals surface area contributed by atoms with Gasteiger partial charge in [-0.2, -0.15) is 4.68 Å². The SMILES string of the molecule is O=C(CSc1nnnn1-c1ccc(Cl)cc1)NC(=O)NC1CCCC1. The van der Waals surface area contributed by atoms with Gasteiger partial charge in [-0.15, -0.1) is 5.10 Å². The van der Waals surface area contributed by atoms with Crippen LogP contribution in [0.25, 0.3) is 5.69 Å². The van der Waals surface area contributed by atoms with Gasteiger partial charge in [0.05, 0.1) is 11.4 Å². The first-order valence-electron chi connectivity index (χ1n) is 7.89. The van der Waals surface area contributed by atoms with Gasteiger partial charge in [-0.25, -0.2) is 4.79 Å². The molecule has 1 saturated carbocycles. The lowest BCUT2D eigenvalue weighted by atomic mass is 10.2. The number of nitrogens with zero attached hydrogens (tertiary/aromatic N) is 4. The van der Waals surface area contributed by atoms with Crippen LogP contribution in [-0.2, 0) is 4.79 Å². The number of rotatable bonds is 5. The van der Waals surface area contributed by atoms with Crippen LogP contribution >= 0.6 is 23.4 Å². The smallest absolute Gasteiger partial charge is 0.321 e. The second-order valence-corrected chi connectivity index (χ2v) is 7.02. The molecule has 2 N–H and O–H groups in total. The summed E-state index contributed by atoms with van der Waals surface area (Å²) in [6.45, 7) is 0. The molecule has 0 unspecified atom stereocenters. The molecule has 25 heavy (non-hydrogen) atoms. The molecule has 8 nitrogen and oxygen atoms in total. The Bertz CT molecular complexity index is 745. The van der Waals surface area contributed by atoms with E-state index >= 15 is 0 Å². The number of thioether (sulfide) groups is 1. The van der Waals surface area contributed by atoms with Crippen molar-refractivity contribution in [3.8, 4) is 5.69 Å². The Kier molecular flexibility index (Phi) is 5.87. The van der Waals surface area contributed by atoms with Crippen molar-refractivity contribution in [1.82, 2.24) is 30.8 Å². The number of urea groups is 1. The van der Waals surface area contributed by atoms with Crippen LogP contribution in [-0.4, -0.2) is 43.9 Å². The highest BCUT2D eigenvalue weighted by Gasteiger charge is 2.18. The third-order valence-corrected chi connectivity index (χ3v) is 4.96. The zero-order valence-electron chi connectivity index (χ0n) is 13.3. The maximum atomic E-state index is 11.9. The Balaban J connectivity index is 1.51. The number of carbonyl (C=O) groups excluding carboxylic acids is 2. The fraction of sp³-hybridized carbons (Fsp3) is 0.400. The lowest BCUT2D eigenvalue weighted by molar-refractivity contribution is -0.117. The predicted molar refractivity (Wildman–Crippen MR) is 93.8 cm³/mol. The number of carbonyl (C=O) groups is 2. The topological polar surface area (TPSA) is 102 Å². The highest BCUT2D eigenvalue weighted by Crippen LogP contribution is 2.20. The highest BCUT2D eigenvalue weighted by atomic mass is 35.5. The fourth-order valence-electron chi connectivity index (χ4n) is 2.60. The number of imide groups is 1. The van der Waals surface area contributed by atoms with Crippen molar-refractivity contribution in [2.24, 2.45) is 0 Å². The van der Waals surface area contributed by atoms with E-state index in [4.69, 9.17) is 11.6 Å². The van der Waals surface area contributed by atoms with E-state index in [2.05, 4.69) is 26.2 Å². The minimum Gasteiger partial charge on any atom is -0.335 e. The summed E-state index contributed by atoms with van der Waals surface area (Å²) in [5.41, 5.74) is 0.733. The summed E-state index contributed by atoms with van der Waals surface area (Å²) < 4.78 is 1.51. The number of amides is 3. The number of hydrogen-bond acceptors (Lipinski definition) is 6. The molecule has 132 valence electrons. The Morgan fingerprint density at radius 1 is 1.24 bits per heavy atom. The molecule has 10 heteroatoms. The van der Waals surface area contributed by atoms with Crippen molar-refractivity contribution < 1.29 is 9.59 Å². The van der Waals surface area contributed by atoms with E-state index in [-0.39, 0.29) is 11.8 Å². The molecule has 1 aliphatic carbocycles. The summed E-state index contributed by atoms with van der Waals surface area (Å²) in [5, 5.41) is 17.6. The van der Waals surface area contributed by atoms with E-state index in [1.54, 1.807) is 24.3 Å². The summed E-state index contributed by atoms with van der Waals surface area (Å²) in [5.74, 6) is -0.363. The van der Waals surface area contributed by atoms with Crippen molar-refractivity contribution >= 4 is 35.3 Å². The van der Waals surface area contributed by atoms with Gasteiger partial charge >= 0.3 is 6.03 Å². The number of benzene rings is 1. The quantitative estimate of drug-likeness (QED) is 0.771. The molecule has 2 aromatic rings. The molecular weight excluding hydrogens is 364 g/mol. The molecule has 3 rings (SSSR count). The van der Waals surface area contributed by atoms with Gasteiger partial charge in [-0.05, 0) is 47.5 Å². The van der Waals surface area contributed by atoms with E-state index in [9.17, 15) is 9.59 Å². The summed E-state index contributed by atoms with van der Waals surface area (Å²) in [6.07, 6.45) is 4.16. The average molecular weight is 381 g/mol. The molecule has 1 aliphatic rings. The second-order valence-electron chi connectivity index (χ2n) is 5.64. The van der Waals surface area contributed by atoms with Crippen molar-refractivity contribution in [2.45, 2.75) is 36.9 Å². The minimum absolute atomic E-state index is 0.0338. The van der Waals surface area contributed by atoms with Gasteiger partial charge < -0.3 is 5.32 Å². The standard InChI is InChI=1S/C15H17ClN6O2S/c16-10-5-7-12(8-6-10)22-15(19-20-21-22)25-9-13(23)18-14(24)17-11-3-1-2-4-11/h5-8,11H,1-4,9H2,(H2,17,18,23,24). The zero-order valence-corrected chi connectivity index (χ0v) is 14.9. The molecule has 3 amide bonds. The van der Waals surface area contributed by atoms with Crippen LogP contribution in [0.3, 0.4) is 0 Å². The summed E-state index contributed by atoms with van der Waals surface area (Å²) in [4.78, 5) is 23.7. The van der Waals surface area contributed by atoms with Crippen LogP contribution < -0.4 is 10.6 Å². The lowest BCUT2D eigenvalue weighted by Crippen LogP contribution is -2.44. The Hall–Kier alpha value is -2.13. The molecular formula is C15H17ClN6O2S. The van der Waals surface area contributed by atoms with Crippen LogP contribution in [0.4, 0.5) is 4.79 Å². The minimum atomic E-state index is -0.449. The Morgan fingerprint density at radius 3 is 2.68 bits per heavy atom. The first-order chi connectivity index (χ1) is 12.1. The summed E-state index contributed by atoms with van der Waals surface area (Å²) in [7, 11) is 0. The monoisotopic (exact) mass is 380 g/mol. The third kappa shape index (κ3) is 4.93. The van der Waals surface area contributed by atoms with Crippen LogP contribution in [0, 0.1) is 0 Å². The third-order valence-electron chi connectivity index (χ3n) is 3.79. The zero-order chi connectivity index (χ0) is 17.6. The molecule has 1 heterocycles. The van der Waals surface area contributed by atoms with Gasteiger partial charge in [0.25, 0.3) is 0 Å². The van der Waals surface area contributed by atoms with Gasteiger partial charge in [0.2, 0.25) is 11.1 Å². The maximum absolute atomic E-state index is 11.9. The van der Waals surface area contributed by atoms with E-state index in [1.807, 2.05) is 0 Å². The van der Waals surface area contributed by atoms with Crippen molar-refractivity contribution in [3.63, 3.8) is 0 Å². The number of hydrogen-bond donors (Lipinski definition) is 2. The molecule has 0 radical (unpaired) electrons. The first kappa shape index (κ1) is 17.7. The summed E-state index contributed by atoms with van der Waals surface area (Å²) in [6, 6.07) is 6.73. The van der Waals surface area contributed by atoms with Gasteiger partial charge in [-0.1, -0.05) is 36.2 Å². The highest BCUT2D eigenvalue weighted by molar-refractivity contribution is 7.99. The Labute approximate surface area is 153 Å². The molecule has 0 atom stereocenters. The number of tetrazole rings is 1. The molecule has 1 aromatic carbocycles. The van der Waals surface area contributed by atoms with Gasteiger partial charge in [0, 0.05) is 11.1 Å². The van der Waals surface area contributed by atoms with E-state index in [0.717, 1.165) is 43.1 Å². The van der Waals surface area contributed by atoms with Gasteiger partial charge in [-0.3, -0.25) is 10.1 Å². The summed E-state index contributed by atoms with van der Waals surface area (Å²) >= 11 is 7.02. The van der Waals surface area contributed by atoms with Crippen molar-refractivity contribution in [1.29, 1.82) is 0 Å². The fourth-order valence-corrected chi connectivity index (χ4v) is 3.41. The lowest BCUT2D eigenvalue weighted by Gasteiger charge is -2.12. The van der Waals surface area contributed by atoms with Crippen LogP contribution in [0.15, 0.2) is 29.4 Å². The van der Waals surface area contributed by atoms with Crippen molar-refractivity contribution in [2.75, 3.05) is 5.75 Å². The van der Waals surface area contributed by atoms with Crippen LogP contribution in [0.5, 0.6) is 0 Å². The number of halogens is 1. The van der Waals surface area contributed by atoms with E-state index < -0.39 is 11.9 Å². The van der Waals surface area contributed by atoms with Gasteiger partial charge in [0.1, 0.15) is 0 Å². The van der Waals surface area contributed by atoms with E-state index in [1.165, 1.54) is 4.68 Å². The number of aromatic nitrogens is 4. The molecule has 0 bridgehead atoms. The molecule has 0 saturated heterocycles. The largest absolute Gasteiger partial charge is 0.335 e.